The van der Waals surface area contributed by atoms with Gasteiger partial charge < -0.3 is 11.1 Å². The fourth-order valence-corrected chi connectivity index (χ4v) is 3.19. The van der Waals surface area contributed by atoms with Crippen molar-refractivity contribution in [1.82, 2.24) is 9.97 Å². The first-order valence-electron chi connectivity index (χ1n) is 6.16. The minimum Gasteiger partial charge on any atom is -0.378 e. The molecule has 0 radical (unpaired) electrons. The normalized spacial score (nSPS) is 23.0. The number of nitro groups is 1. The first-order valence-corrected chi connectivity index (χ1v) is 7.44. The average molecular weight is 283 g/mol. The minimum atomic E-state index is -0.535. The summed E-state index contributed by atoms with van der Waals surface area (Å²) >= 11 is 1.84. The van der Waals surface area contributed by atoms with Crippen molar-refractivity contribution in [2.75, 3.05) is 17.3 Å². The van der Waals surface area contributed by atoms with Gasteiger partial charge in [-0.25, -0.2) is 9.97 Å². The lowest BCUT2D eigenvalue weighted by molar-refractivity contribution is -0.383. The van der Waals surface area contributed by atoms with Crippen LogP contribution in [0, 0.1) is 10.1 Å². The molecular formula is C11H17N5O2S. The summed E-state index contributed by atoms with van der Waals surface area (Å²) in [6, 6.07) is 0.208. The van der Waals surface area contributed by atoms with E-state index in [0.717, 1.165) is 19.3 Å². The Bertz CT molecular complexity index is 470. The molecule has 1 aromatic rings. The largest absolute Gasteiger partial charge is 0.378 e. The van der Waals surface area contributed by atoms with Crippen molar-refractivity contribution in [2.24, 2.45) is 0 Å². The Morgan fingerprint density at radius 3 is 3.00 bits per heavy atom. The van der Waals surface area contributed by atoms with Crippen molar-refractivity contribution in [3.8, 4) is 0 Å². The van der Waals surface area contributed by atoms with Crippen molar-refractivity contribution >= 4 is 29.1 Å². The molecule has 2 rings (SSSR count). The average Bonchev–Trinajstić information content (AvgIpc) is 2.38. The Kier molecular flexibility index (Phi) is 4.41. The molecule has 2 atom stereocenters. The number of nitrogens with two attached hydrogens (primary N) is 1. The van der Waals surface area contributed by atoms with Gasteiger partial charge in [-0.15, -0.1) is 0 Å². The Hall–Kier alpha value is -1.57. The number of hydrogen-bond donors (Lipinski definition) is 2. The van der Waals surface area contributed by atoms with Crippen molar-refractivity contribution in [3.05, 3.63) is 16.4 Å². The van der Waals surface area contributed by atoms with E-state index in [1.54, 1.807) is 0 Å². The van der Waals surface area contributed by atoms with E-state index < -0.39 is 4.92 Å². The van der Waals surface area contributed by atoms with E-state index in [1.165, 1.54) is 12.7 Å². The van der Waals surface area contributed by atoms with Crippen LogP contribution in [0.15, 0.2) is 6.33 Å². The highest BCUT2D eigenvalue weighted by Gasteiger charge is 2.26. The van der Waals surface area contributed by atoms with E-state index in [9.17, 15) is 10.1 Å². The van der Waals surface area contributed by atoms with Gasteiger partial charge in [-0.2, -0.15) is 11.8 Å². The lowest BCUT2D eigenvalue weighted by atomic mass is 9.95. The van der Waals surface area contributed by atoms with Crippen LogP contribution >= 0.6 is 11.8 Å². The molecule has 0 spiro atoms. The van der Waals surface area contributed by atoms with Gasteiger partial charge >= 0.3 is 5.69 Å². The van der Waals surface area contributed by atoms with Crippen LogP contribution < -0.4 is 11.1 Å². The number of rotatable bonds is 4. The maximum atomic E-state index is 11.0. The van der Waals surface area contributed by atoms with E-state index in [-0.39, 0.29) is 23.4 Å². The number of thioether (sulfide) groups is 1. The summed E-state index contributed by atoms with van der Waals surface area (Å²) in [6.07, 6.45) is 7.66. The van der Waals surface area contributed by atoms with Crippen molar-refractivity contribution in [2.45, 2.75) is 37.0 Å². The van der Waals surface area contributed by atoms with E-state index in [2.05, 4.69) is 21.5 Å². The topological polar surface area (TPSA) is 107 Å². The summed E-state index contributed by atoms with van der Waals surface area (Å²) < 4.78 is 0. The smallest absolute Gasteiger partial charge is 0.352 e. The highest BCUT2D eigenvalue weighted by Crippen LogP contribution is 2.32. The lowest BCUT2D eigenvalue weighted by Crippen LogP contribution is -2.29. The lowest BCUT2D eigenvalue weighted by Gasteiger charge is -2.28. The van der Waals surface area contributed by atoms with Crippen LogP contribution in [0.2, 0.25) is 0 Å². The van der Waals surface area contributed by atoms with E-state index >= 15 is 0 Å². The molecule has 1 aliphatic carbocycles. The second-order valence-electron chi connectivity index (χ2n) is 4.58. The van der Waals surface area contributed by atoms with Gasteiger partial charge in [0.05, 0.1) is 4.92 Å². The van der Waals surface area contributed by atoms with Gasteiger partial charge in [0.2, 0.25) is 11.6 Å². The SMILES string of the molecule is CSC1CCCC(Nc2ncnc(N)c2[N+](=O)[O-])C1. The molecule has 0 amide bonds. The molecule has 0 bridgehead atoms. The molecule has 2 unspecified atom stereocenters. The highest BCUT2D eigenvalue weighted by molar-refractivity contribution is 7.99. The van der Waals surface area contributed by atoms with Gasteiger partial charge in [0.1, 0.15) is 6.33 Å². The number of nitrogens with one attached hydrogen (secondary N) is 1. The zero-order chi connectivity index (χ0) is 13.8. The zero-order valence-electron chi connectivity index (χ0n) is 10.7. The summed E-state index contributed by atoms with van der Waals surface area (Å²) in [7, 11) is 0. The number of nitrogen functional groups attached to an aromatic ring is 1. The van der Waals surface area contributed by atoms with Crippen molar-refractivity contribution < 1.29 is 4.92 Å². The predicted molar refractivity (Wildman–Crippen MR) is 76.3 cm³/mol. The van der Waals surface area contributed by atoms with Gasteiger partial charge in [0.15, 0.2) is 0 Å². The van der Waals surface area contributed by atoms with Crippen LogP contribution in [0.5, 0.6) is 0 Å². The number of aromatic nitrogens is 2. The van der Waals surface area contributed by atoms with Crippen LogP contribution in [0.4, 0.5) is 17.3 Å². The Labute approximate surface area is 115 Å². The zero-order valence-corrected chi connectivity index (χ0v) is 11.5. The molecule has 1 saturated carbocycles. The third-order valence-electron chi connectivity index (χ3n) is 3.33. The van der Waals surface area contributed by atoms with Gasteiger partial charge in [0, 0.05) is 11.3 Å². The summed E-state index contributed by atoms with van der Waals surface area (Å²) in [6.45, 7) is 0. The molecule has 3 N–H and O–H groups in total. The molecule has 0 aliphatic heterocycles. The first kappa shape index (κ1) is 13.9. The standard InChI is InChI=1S/C11H17N5O2S/c1-19-8-4-2-3-7(5-8)15-11-9(16(17)18)10(12)13-6-14-11/h6-8H,2-5H2,1H3,(H3,12,13,14,15). The fourth-order valence-electron chi connectivity index (χ4n) is 2.36. The molecule has 1 aliphatic rings. The van der Waals surface area contributed by atoms with Crippen LogP contribution in [-0.2, 0) is 0 Å². The van der Waals surface area contributed by atoms with E-state index in [0.29, 0.717) is 5.25 Å². The molecule has 0 saturated heterocycles. The minimum absolute atomic E-state index is 0.0975. The Balaban J connectivity index is 2.14. The second-order valence-corrected chi connectivity index (χ2v) is 5.72. The van der Waals surface area contributed by atoms with Crippen molar-refractivity contribution in [1.29, 1.82) is 0 Å². The monoisotopic (exact) mass is 283 g/mol. The molecule has 1 aromatic heterocycles. The van der Waals surface area contributed by atoms with Crippen molar-refractivity contribution in [3.63, 3.8) is 0 Å². The highest BCUT2D eigenvalue weighted by atomic mass is 32.2. The molecule has 8 heteroatoms. The van der Waals surface area contributed by atoms with E-state index in [1.807, 2.05) is 11.8 Å². The number of nitrogens with zero attached hydrogens (tertiary/aromatic N) is 3. The molecular weight excluding hydrogens is 266 g/mol. The molecule has 0 aromatic carbocycles. The molecule has 7 nitrogen and oxygen atoms in total. The molecule has 1 fully saturated rings. The van der Waals surface area contributed by atoms with Crippen LogP contribution in [0.25, 0.3) is 0 Å². The number of anilines is 2. The molecule has 1 heterocycles. The van der Waals surface area contributed by atoms with E-state index in [4.69, 9.17) is 5.73 Å². The fraction of sp³-hybridized carbons (Fsp3) is 0.636. The molecule has 19 heavy (non-hydrogen) atoms. The second kappa shape index (κ2) is 6.05. The third-order valence-corrected chi connectivity index (χ3v) is 4.43. The predicted octanol–water partition coefficient (Wildman–Crippen LogP) is 2.05. The third kappa shape index (κ3) is 3.25. The van der Waals surface area contributed by atoms with Crippen LogP contribution in [0.1, 0.15) is 25.7 Å². The summed E-state index contributed by atoms with van der Waals surface area (Å²) in [5.74, 6) is 0.129. The van der Waals surface area contributed by atoms with Gasteiger partial charge in [-0.1, -0.05) is 6.42 Å². The summed E-state index contributed by atoms with van der Waals surface area (Å²) in [5, 5.41) is 14.8. The van der Waals surface area contributed by atoms with Gasteiger partial charge in [0.25, 0.3) is 0 Å². The molecule has 104 valence electrons. The maximum absolute atomic E-state index is 11.0. The van der Waals surface area contributed by atoms with Crippen LogP contribution in [0.3, 0.4) is 0 Å². The number of hydrogen-bond acceptors (Lipinski definition) is 7. The Morgan fingerprint density at radius 2 is 2.32 bits per heavy atom. The van der Waals surface area contributed by atoms with Gasteiger partial charge in [-0.05, 0) is 25.5 Å². The quantitative estimate of drug-likeness (QED) is 0.643. The van der Waals surface area contributed by atoms with Gasteiger partial charge in [-0.3, -0.25) is 10.1 Å². The first-order chi connectivity index (χ1) is 9.11. The summed E-state index contributed by atoms with van der Waals surface area (Å²) in [5.41, 5.74) is 5.32. The van der Waals surface area contributed by atoms with Crippen LogP contribution in [-0.4, -0.2) is 32.4 Å². The maximum Gasteiger partial charge on any atom is 0.352 e. The summed E-state index contributed by atoms with van der Waals surface area (Å²) in [4.78, 5) is 18.1. The Morgan fingerprint density at radius 1 is 1.53 bits per heavy atom.